The molecule has 3 rings (SSSR count). The molecule has 8 nitrogen and oxygen atoms in total. The molecule has 0 spiro atoms. The zero-order chi connectivity index (χ0) is 24.5. The number of hydrogen-bond acceptors (Lipinski definition) is 5. The Bertz CT molecular complexity index is 1030. The van der Waals surface area contributed by atoms with E-state index in [0.717, 1.165) is 12.0 Å². The number of ether oxygens (including phenoxy) is 1. The molecule has 1 aliphatic rings. The van der Waals surface area contributed by atoms with Crippen LogP contribution in [0.25, 0.3) is 0 Å². The average molecular weight is 483 g/mol. The number of nitrogens with zero attached hydrogens (tertiary/aromatic N) is 1. The summed E-state index contributed by atoms with van der Waals surface area (Å²) in [7, 11) is 0. The van der Waals surface area contributed by atoms with Gasteiger partial charge in [0.05, 0.1) is 12.5 Å². The number of hydrogen-bond donors (Lipinski definition) is 3. The third-order valence-corrected chi connectivity index (χ3v) is 5.59. The van der Waals surface area contributed by atoms with Crippen LogP contribution in [0.2, 0.25) is 0 Å². The number of benzene rings is 2. The molecule has 3 N–H and O–H groups in total. The van der Waals surface area contributed by atoms with Gasteiger partial charge in [0.2, 0.25) is 11.8 Å². The minimum absolute atomic E-state index is 0.0463. The molecule has 180 valence electrons. The molecule has 0 aromatic heterocycles. The minimum atomic E-state index is -0.498. The van der Waals surface area contributed by atoms with Crippen LogP contribution in [-0.4, -0.2) is 40.9 Å². The molecule has 9 heteroatoms. The number of hydrazine groups is 1. The summed E-state index contributed by atoms with van der Waals surface area (Å²) in [5.41, 5.74) is 6.42. The van der Waals surface area contributed by atoms with Gasteiger partial charge in [0, 0.05) is 25.1 Å². The Hall–Kier alpha value is -3.46. The maximum Gasteiger partial charge on any atom is 0.257 e. The third kappa shape index (κ3) is 7.55. The molecule has 3 amide bonds. The lowest BCUT2D eigenvalue weighted by atomic mass is 10.1. The van der Waals surface area contributed by atoms with Gasteiger partial charge in [0.1, 0.15) is 5.75 Å². The number of carbonyl (C=O) groups excluding carboxylic acids is 3. The topological polar surface area (TPSA) is 99.8 Å². The lowest BCUT2D eigenvalue weighted by Gasteiger charge is -2.17. The predicted octanol–water partition coefficient (Wildman–Crippen LogP) is 2.80. The summed E-state index contributed by atoms with van der Waals surface area (Å²) in [4.78, 5) is 38.9. The highest BCUT2D eigenvalue weighted by Crippen LogP contribution is 2.20. The summed E-state index contributed by atoms with van der Waals surface area (Å²) in [6, 6.07) is 16.4. The van der Waals surface area contributed by atoms with Crippen LogP contribution in [0.4, 0.5) is 0 Å². The normalized spacial score (nSPS) is 15.2. The summed E-state index contributed by atoms with van der Waals surface area (Å²) >= 11 is 5.12. The Kier molecular flexibility index (Phi) is 8.98. The molecule has 2 aromatic rings. The number of likely N-dealkylation sites (tertiary alicyclic amines) is 1. The van der Waals surface area contributed by atoms with Crippen LogP contribution in [0.5, 0.6) is 5.75 Å². The van der Waals surface area contributed by atoms with Crippen molar-refractivity contribution >= 4 is 35.1 Å². The molecule has 1 unspecified atom stereocenters. The van der Waals surface area contributed by atoms with Crippen molar-refractivity contribution < 1.29 is 19.1 Å². The summed E-state index contributed by atoms with van der Waals surface area (Å²) in [5, 5.41) is 2.48. The SMILES string of the molecule is CC(C)CCOc1cccc(C(=O)NC(=S)NNC(=O)C2CC(=O)N(Cc3ccccc3)C2)c1. The summed E-state index contributed by atoms with van der Waals surface area (Å²) < 4.78 is 5.69. The molecule has 34 heavy (non-hydrogen) atoms. The highest BCUT2D eigenvalue weighted by atomic mass is 32.1. The molecule has 1 aliphatic heterocycles. The fourth-order valence-electron chi connectivity index (χ4n) is 3.47. The molecule has 1 heterocycles. The van der Waals surface area contributed by atoms with Crippen molar-refractivity contribution in [1.82, 2.24) is 21.1 Å². The molecular weight excluding hydrogens is 452 g/mol. The van der Waals surface area contributed by atoms with Crippen LogP contribution in [0, 0.1) is 11.8 Å². The van der Waals surface area contributed by atoms with Gasteiger partial charge in [-0.25, -0.2) is 0 Å². The zero-order valence-corrected chi connectivity index (χ0v) is 20.2. The van der Waals surface area contributed by atoms with Crippen molar-refractivity contribution in [3.8, 4) is 5.75 Å². The van der Waals surface area contributed by atoms with Gasteiger partial charge in [-0.1, -0.05) is 50.2 Å². The van der Waals surface area contributed by atoms with E-state index in [1.807, 2.05) is 30.3 Å². The van der Waals surface area contributed by atoms with Gasteiger partial charge in [-0.15, -0.1) is 0 Å². The van der Waals surface area contributed by atoms with Crippen molar-refractivity contribution in [3.63, 3.8) is 0 Å². The van der Waals surface area contributed by atoms with Crippen LogP contribution in [-0.2, 0) is 16.1 Å². The van der Waals surface area contributed by atoms with E-state index in [1.54, 1.807) is 29.2 Å². The second-order valence-corrected chi connectivity index (χ2v) is 9.03. The van der Waals surface area contributed by atoms with Crippen LogP contribution in [0.3, 0.4) is 0 Å². The zero-order valence-electron chi connectivity index (χ0n) is 19.4. The minimum Gasteiger partial charge on any atom is -0.494 e. The average Bonchev–Trinajstić information content (AvgIpc) is 3.18. The maximum absolute atomic E-state index is 12.5. The van der Waals surface area contributed by atoms with Crippen LogP contribution in [0.15, 0.2) is 54.6 Å². The van der Waals surface area contributed by atoms with Gasteiger partial charge >= 0.3 is 0 Å². The fourth-order valence-corrected chi connectivity index (χ4v) is 3.61. The van der Waals surface area contributed by atoms with E-state index in [9.17, 15) is 14.4 Å². The van der Waals surface area contributed by atoms with E-state index >= 15 is 0 Å². The monoisotopic (exact) mass is 482 g/mol. The largest absolute Gasteiger partial charge is 0.494 e. The van der Waals surface area contributed by atoms with Gasteiger partial charge in [0.25, 0.3) is 5.91 Å². The van der Waals surface area contributed by atoms with Crippen molar-refractivity contribution in [2.24, 2.45) is 11.8 Å². The van der Waals surface area contributed by atoms with E-state index in [-0.39, 0.29) is 23.3 Å². The second-order valence-electron chi connectivity index (χ2n) is 8.62. The number of rotatable bonds is 8. The predicted molar refractivity (Wildman–Crippen MR) is 133 cm³/mol. The summed E-state index contributed by atoms with van der Waals surface area (Å²) in [6.45, 7) is 5.59. The Labute approximate surface area is 205 Å². The Morgan fingerprint density at radius 3 is 2.62 bits per heavy atom. The molecule has 0 radical (unpaired) electrons. The van der Waals surface area contributed by atoms with Crippen LogP contribution >= 0.6 is 12.2 Å². The van der Waals surface area contributed by atoms with Crippen LogP contribution in [0.1, 0.15) is 42.6 Å². The standard InChI is InChI=1S/C25H30N4O4S/c1-17(2)11-12-33-21-10-6-9-19(13-21)23(31)26-25(34)28-27-24(32)20-14-22(30)29(16-20)15-18-7-4-3-5-8-18/h3-10,13,17,20H,11-12,14-16H2,1-2H3,(H,27,32)(H2,26,28,31,34). The number of nitrogens with one attached hydrogen (secondary N) is 3. The van der Waals surface area contributed by atoms with Crippen molar-refractivity contribution in [3.05, 3.63) is 65.7 Å². The van der Waals surface area contributed by atoms with Crippen molar-refractivity contribution in [1.29, 1.82) is 0 Å². The number of carbonyl (C=O) groups is 3. The lowest BCUT2D eigenvalue weighted by Crippen LogP contribution is -2.50. The first-order valence-corrected chi connectivity index (χ1v) is 11.7. The molecule has 0 saturated carbocycles. The van der Waals surface area contributed by atoms with Gasteiger partial charge in [0.15, 0.2) is 5.11 Å². The van der Waals surface area contributed by atoms with Gasteiger partial charge in [-0.3, -0.25) is 30.6 Å². The van der Waals surface area contributed by atoms with Gasteiger partial charge in [-0.05, 0) is 48.3 Å². The molecule has 0 bridgehead atoms. The molecule has 2 aromatic carbocycles. The highest BCUT2D eigenvalue weighted by Gasteiger charge is 2.34. The molecule has 1 atom stereocenters. The first-order chi connectivity index (χ1) is 16.3. The van der Waals surface area contributed by atoms with E-state index in [4.69, 9.17) is 17.0 Å². The molecular formula is C25H30N4O4S. The van der Waals surface area contributed by atoms with Gasteiger partial charge < -0.3 is 9.64 Å². The Balaban J connectivity index is 1.43. The Morgan fingerprint density at radius 1 is 1.12 bits per heavy atom. The summed E-state index contributed by atoms with van der Waals surface area (Å²) in [6.07, 6.45) is 1.05. The third-order valence-electron chi connectivity index (χ3n) is 5.39. The lowest BCUT2D eigenvalue weighted by molar-refractivity contribution is -0.129. The highest BCUT2D eigenvalue weighted by molar-refractivity contribution is 7.80. The van der Waals surface area contributed by atoms with E-state index < -0.39 is 11.8 Å². The quantitative estimate of drug-likeness (QED) is 0.395. The number of thiocarbonyl (C=S) groups is 1. The van der Waals surface area contributed by atoms with Crippen molar-refractivity contribution in [2.45, 2.75) is 33.2 Å². The van der Waals surface area contributed by atoms with Gasteiger partial charge in [-0.2, -0.15) is 0 Å². The Morgan fingerprint density at radius 2 is 1.88 bits per heavy atom. The molecule has 1 fully saturated rings. The second kappa shape index (κ2) is 12.1. The molecule has 0 aliphatic carbocycles. The van der Waals surface area contributed by atoms with Crippen LogP contribution < -0.4 is 20.9 Å². The number of amides is 3. The smallest absolute Gasteiger partial charge is 0.257 e. The maximum atomic E-state index is 12.5. The van der Waals surface area contributed by atoms with Crippen molar-refractivity contribution in [2.75, 3.05) is 13.2 Å². The van der Waals surface area contributed by atoms with E-state index in [1.165, 1.54) is 0 Å². The van der Waals surface area contributed by atoms with E-state index in [2.05, 4.69) is 30.0 Å². The summed E-state index contributed by atoms with van der Waals surface area (Å²) in [5.74, 6) is -0.227. The fraction of sp³-hybridized carbons (Fsp3) is 0.360. The first kappa shape index (κ1) is 25.2. The van der Waals surface area contributed by atoms with E-state index in [0.29, 0.717) is 36.9 Å². The first-order valence-electron chi connectivity index (χ1n) is 11.3. The molecule has 1 saturated heterocycles.